The molecule has 0 fully saturated rings. The van der Waals surface area contributed by atoms with Gasteiger partial charge in [-0.25, -0.2) is 9.98 Å². The number of aromatic amines is 1. The van der Waals surface area contributed by atoms with Crippen molar-refractivity contribution in [3.63, 3.8) is 0 Å². The molecule has 0 aliphatic rings. The quantitative estimate of drug-likeness (QED) is 0.264. The Morgan fingerprint density at radius 1 is 1.25 bits per heavy atom. The Morgan fingerprint density at radius 2 is 2.11 bits per heavy atom. The van der Waals surface area contributed by atoms with E-state index in [-0.39, 0.29) is 24.0 Å². The second-order valence-corrected chi connectivity index (χ2v) is 6.46. The van der Waals surface area contributed by atoms with Gasteiger partial charge in [0.1, 0.15) is 6.33 Å². The lowest BCUT2D eigenvalue weighted by molar-refractivity contribution is 0.372. The summed E-state index contributed by atoms with van der Waals surface area (Å²) in [6, 6.07) is 10.1. The van der Waals surface area contributed by atoms with Crippen LogP contribution in [0.3, 0.4) is 0 Å². The Labute approximate surface area is 181 Å². The maximum Gasteiger partial charge on any atom is 0.191 e. The van der Waals surface area contributed by atoms with Gasteiger partial charge in [0, 0.05) is 18.2 Å². The number of aromatic nitrogens is 4. The Balaban J connectivity index is 0.00000280. The zero-order chi connectivity index (χ0) is 19.1. The number of halogens is 1. The predicted molar refractivity (Wildman–Crippen MR) is 119 cm³/mol. The van der Waals surface area contributed by atoms with Crippen molar-refractivity contribution in [3.05, 3.63) is 53.7 Å². The molecule has 0 saturated carbocycles. The first-order valence-electron chi connectivity index (χ1n) is 9.08. The minimum atomic E-state index is 0. The number of nitrogens with zero attached hydrogens (tertiary/aromatic N) is 4. The van der Waals surface area contributed by atoms with Gasteiger partial charge in [-0.3, -0.25) is 5.10 Å². The molecule has 150 valence electrons. The van der Waals surface area contributed by atoms with Crippen molar-refractivity contribution in [2.75, 3.05) is 6.54 Å². The van der Waals surface area contributed by atoms with E-state index in [1.165, 1.54) is 6.33 Å². The zero-order valence-electron chi connectivity index (χ0n) is 16.3. The van der Waals surface area contributed by atoms with Crippen LogP contribution in [0.2, 0.25) is 0 Å². The SMILES string of the molecule is CCNC(=NCc1cccc(-c2ncn[nH]2)c1)NCc1cc(C(C)C)no1.I. The summed E-state index contributed by atoms with van der Waals surface area (Å²) in [5.41, 5.74) is 3.03. The lowest BCUT2D eigenvalue weighted by Gasteiger charge is -2.10. The summed E-state index contributed by atoms with van der Waals surface area (Å²) in [5, 5.41) is 17.4. The lowest BCUT2D eigenvalue weighted by Crippen LogP contribution is -2.36. The van der Waals surface area contributed by atoms with E-state index in [0.717, 1.165) is 40.9 Å². The van der Waals surface area contributed by atoms with Crippen LogP contribution in [0.4, 0.5) is 0 Å². The molecular weight excluding hydrogens is 469 g/mol. The molecule has 0 bridgehead atoms. The topological polar surface area (TPSA) is 104 Å². The molecule has 3 aromatic rings. The number of H-pyrrole nitrogens is 1. The van der Waals surface area contributed by atoms with Crippen molar-refractivity contribution >= 4 is 29.9 Å². The van der Waals surface area contributed by atoms with Gasteiger partial charge in [0.05, 0.1) is 18.8 Å². The number of hydrogen-bond acceptors (Lipinski definition) is 5. The molecule has 1 aromatic carbocycles. The van der Waals surface area contributed by atoms with Gasteiger partial charge in [0.2, 0.25) is 0 Å². The smallest absolute Gasteiger partial charge is 0.191 e. The molecule has 0 aliphatic heterocycles. The maximum absolute atomic E-state index is 5.36. The van der Waals surface area contributed by atoms with Crippen LogP contribution in [0.5, 0.6) is 0 Å². The van der Waals surface area contributed by atoms with Crippen LogP contribution in [-0.4, -0.2) is 32.8 Å². The molecule has 8 nitrogen and oxygen atoms in total. The maximum atomic E-state index is 5.36. The highest BCUT2D eigenvalue weighted by atomic mass is 127. The number of nitrogens with one attached hydrogen (secondary N) is 3. The third-order valence-corrected chi connectivity index (χ3v) is 3.98. The van der Waals surface area contributed by atoms with Crippen molar-refractivity contribution < 1.29 is 4.52 Å². The van der Waals surface area contributed by atoms with E-state index in [0.29, 0.717) is 19.0 Å². The lowest BCUT2D eigenvalue weighted by atomic mass is 10.1. The van der Waals surface area contributed by atoms with Gasteiger partial charge in [-0.15, -0.1) is 24.0 Å². The third kappa shape index (κ3) is 6.04. The molecule has 0 saturated heterocycles. The molecule has 0 atom stereocenters. The van der Waals surface area contributed by atoms with E-state index >= 15 is 0 Å². The summed E-state index contributed by atoms with van der Waals surface area (Å²) in [5.74, 6) is 2.61. The van der Waals surface area contributed by atoms with Crippen LogP contribution in [0.15, 0.2) is 46.2 Å². The highest BCUT2D eigenvalue weighted by Gasteiger charge is 2.08. The molecule has 3 rings (SSSR count). The molecule has 0 spiro atoms. The third-order valence-electron chi connectivity index (χ3n) is 3.98. The van der Waals surface area contributed by atoms with Crippen LogP contribution < -0.4 is 10.6 Å². The van der Waals surface area contributed by atoms with E-state index in [1.54, 1.807) is 0 Å². The molecule has 0 unspecified atom stereocenters. The Kier molecular flexibility index (Phi) is 8.42. The van der Waals surface area contributed by atoms with Gasteiger partial charge in [0.15, 0.2) is 17.5 Å². The van der Waals surface area contributed by atoms with Crippen molar-refractivity contribution in [2.24, 2.45) is 4.99 Å². The summed E-state index contributed by atoms with van der Waals surface area (Å²) in [6.45, 7) is 8.07. The molecule has 0 aliphatic carbocycles. The molecule has 0 radical (unpaired) electrons. The average Bonchev–Trinajstić information content (AvgIpc) is 3.36. The number of rotatable bonds is 7. The molecule has 9 heteroatoms. The van der Waals surface area contributed by atoms with Gasteiger partial charge >= 0.3 is 0 Å². The van der Waals surface area contributed by atoms with Crippen LogP contribution in [0.1, 0.15) is 43.7 Å². The van der Waals surface area contributed by atoms with E-state index < -0.39 is 0 Å². The van der Waals surface area contributed by atoms with Gasteiger partial charge in [-0.1, -0.05) is 37.2 Å². The first-order valence-corrected chi connectivity index (χ1v) is 9.08. The number of aliphatic imine (C=N–C) groups is 1. The van der Waals surface area contributed by atoms with E-state index in [9.17, 15) is 0 Å². The fourth-order valence-corrected chi connectivity index (χ4v) is 2.53. The van der Waals surface area contributed by atoms with E-state index in [4.69, 9.17) is 4.52 Å². The second-order valence-electron chi connectivity index (χ2n) is 6.46. The van der Waals surface area contributed by atoms with Gasteiger partial charge < -0.3 is 15.2 Å². The van der Waals surface area contributed by atoms with Gasteiger partial charge in [-0.2, -0.15) is 5.10 Å². The summed E-state index contributed by atoms with van der Waals surface area (Å²) >= 11 is 0. The first kappa shape index (κ1) is 21.9. The van der Waals surface area contributed by atoms with E-state index in [2.05, 4.69) is 55.9 Å². The van der Waals surface area contributed by atoms with E-state index in [1.807, 2.05) is 31.2 Å². The van der Waals surface area contributed by atoms with Crippen LogP contribution in [0, 0.1) is 0 Å². The summed E-state index contributed by atoms with van der Waals surface area (Å²) < 4.78 is 5.36. The van der Waals surface area contributed by atoms with Crippen molar-refractivity contribution in [3.8, 4) is 11.4 Å². The summed E-state index contributed by atoms with van der Waals surface area (Å²) in [6.07, 6.45) is 1.50. The fourth-order valence-electron chi connectivity index (χ4n) is 2.53. The number of hydrogen-bond donors (Lipinski definition) is 3. The second kappa shape index (κ2) is 10.8. The average molecular weight is 495 g/mol. The van der Waals surface area contributed by atoms with Crippen molar-refractivity contribution in [2.45, 2.75) is 39.8 Å². The van der Waals surface area contributed by atoms with Crippen molar-refractivity contribution in [1.29, 1.82) is 0 Å². The van der Waals surface area contributed by atoms with Crippen molar-refractivity contribution in [1.82, 2.24) is 31.0 Å². The Hall–Kier alpha value is -2.43. The molecule has 2 aromatic heterocycles. The molecular formula is C19H26IN7O. The Bertz CT molecular complexity index is 874. The first-order chi connectivity index (χ1) is 13.2. The molecule has 0 amide bonds. The highest BCUT2D eigenvalue weighted by molar-refractivity contribution is 14.0. The van der Waals surface area contributed by atoms with Crippen LogP contribution >= 0.6 is 24.0 Å². The largest absolute Gasteiger partial charge is 0.359 e. The fraction of sp³-hybridized carbons (Fsp3) is 0.368. The van der Waals surface area contributed by atoms with Gasteiger partial charge in [-0.05, 0) is 24.5 Å². The predicted octanol–water partition coefficient (Wildman–Crippen LogP) is 3.46. The Morgan fingerprint density at radius 3 is 2.79 bits per heavy atom. The molecule has 2 heterocycles. The minimum Gasteiger partial charge on any atom is -0.359 e. The number of benzene rings is 1. The van der Waals surface area contributed by atoms with Crippen LogP contribution in [-0.2, 0) is 13.1 Å². The standard InChI is InChI=1S/C19H25N7O.HI/c1-4-20-19(22-11-16-9-17(13(2)3)26-27-16)21-10-14-6-5-7-15(8-14)18-23-12-24-25-18;/h5-9,12-13H,4,10-11H2,1-3H3,(H2,20,21,22)(H,23,24,25);1H. The monoisotopic (exact) mass is 495 g/mol. The zero-order valence-corrected chi connectivity index (χ0v) is 18.6. The highest BCUT2D eigenvalue weighted by Crippen LogP contribution is 2.16. The normalized spacial score (nSPS) is 11.4. The number of guanidine groups is 1. The summed E-state index contributed by atoms with van der Waals surface area (Å²) in [4.78, 5) is 8.84. The minimum absolute atomic E-state index is 0. The summed E-state index contributed by atoms with van der Waals surface area (Å²) in [7, 11) is 0. The van der Waals surface area contributed by atoms with Crippen LogP contribution in [0.25, 0.3) is 11.4 Å². The van der Waals surface area contributed by atoms with Gasteiger partial charge in [0.25, 0.3) is 0 Å². The molecule has 28 heavy (non-hydrogen) atoms. The molecule has 3 N–H and O–H groups in total.